The van der Waals surface area contributed by atoms with E-state index in [1.165, 1.54) is 6.42 Å². The van der Waals surface area contributed by atoms with E-state index < -0.39 is 0 Å². The van der Waals surface area contributed by atoms with Gasteiger partial charge in [0.1, 0.15) is 5.69 Å². The van der Waals surface area contributed by atoms with Crippen LogP contribution in [0.15, 0.2) is 18.3 Å². The minimum absolute atomic E-state index is 0.0451. The number of aromatic nitrogens is 1. The molecule has 0 saturated carbocycles. The van der Waals surface area contributed by atoms with Crippen LogP contribution in [0.4, 0.5) is 5.69 Å². The zero-order valence-corrected chi connectivity index (χ0v) is 13.5. The molecule has 5 nitrogen and oxygen atoms in total. The highest BCUT2D eigenvalue weighted by molar-refractivity contribution is 5.92. The van der Waals surface area contributed by atoms with Crippen molar-refractivity contribution < 1.29 is 4.79 Å². The van der Waals surface area contributed by atoms with Gasteiger partial charge in [0.15, 0.2) is 0 Å². The number of hydrogen-bond donors (Lipinski definition) is 0. The number of hydrogen-bond acceptors (Lipinski definition) is 4. The number of likely N-dealkylation sites (N-methyl/N-ethyl adjacent to an activating group) is 1. The van der Waals surface area contributed by atoms with Crippen LogP contribution in [0.5, 0.6) is 0 Å². The average Bonchev–Trinajstić information content (AvgIpc) is 2.97. The Bertz CT molecular complexity index is 485. The molecule has 1 aliphatic rings. The van der Waals surface area contributed by atoms with Gasteiger partial charge in [-0.3, -0.25) is 14.7 Å². The fourth-order valence-electron chi connectivity index (χ4n) is 2.98. The summed E-state index contributed by atoms with van der Waals surface area (Å²) >= 11 is 0. The van der Waals surface area contributed by atoms with Crippen molar-refractivity contribution in [3.63, 3.8) is 0 Å². The summed E-state index contributed by atoms with van der Waals surface area (Å²) in [7, 11) is 3.51. The second-order valence-corrected chi connectivity index (χ2v) is 5.71. The molecule has 2 rings (SSSR count). The third kappa shape index (κ3) is 3.53. The Labute approximate surface area is 127 Å². The topological polar surface area (TPSA) is 39.7 Å². The lowest BCUT2D eigenvalue weighted by atomic mass is 10.2. The highest BCUT2D eigenvalue weighted by atomic mass is 16.2. The third-order valence-electron chi connectivity index (χ3n) is 4.23. The second kappa shape index (κ2) is 6.89. The molecular formula is C16H26N4O. The molecule has 1 aromatic heterocycles. The first-order valence-corrected chi connectivity index (χ1v) is 7.73. The number of carbonyl (C=O) groups is 1. The number of pyridine rings is 1. The van der Waals surface area contributed by atoms with E-state index in [0.29, 0.717) is 11.7 Å². The molecule has 0 spiro atoms. The first-order valence-electron chi connectivity index (χ1n) is 7.73. The van der Waals surface area contributed by atoms with E-state index >= 15 is 0 Å². The molecule has 1 unspecified atom stereocenters. The summed E-state index contributed by atoms with van der Waals surface area (Å²) in [6, 6.07) is 4.52. The van der Waals surface area contributed by atoms with Crippen molar-refractivity contribution in [2.24, 2.45) is 0 Å². The van der Waals surface area contributed by atoms with Gasteiger partial charge in [-0.2, -0.15) is 0 Å². The molecule has 5 heteroatoms. The molecule has 0 aromatic carbocycles. The molecule has 0 aliphatic carbocycles. The summed E-state index contributed by atoms with van der Waals surface area (Å²) in [6.45, 7) is 8.69. The molecule has 0 bridgehead atoms. The van der Waals surface area contributed by atoms with Crippen molar-refractivity contribution in [2.75, 3.05) is 45.2 Å². The Morgan fingerprint density at radius 3 is 2.71 bits per heavy atom. The fourth-order valence-corrected chi connectivity index (χ4v) is 2.98. The quantitative estimate of drug-likeness (QED) is 0.827. The lowest BCUT2D eigenvalue weighted by molar-refractivity contribution is 0.0822. The minimum atomic E-state index is -0.0451. The normalized spacial score (nSPS) is 18.3. The summed E-state index contributed by atoms with van der Waals surface area (Å²) in [4.78, 5) is 22.6. The van der Waals surface area contributed by atoms with Crippen LogP contribution in [0.3, 0.4) is 0 Å². The predicted octanol–water partition coefficient (Wildman–Crippen LogP) is 1.70. The van der Waals surface area contributed by atoms with E-state index in [2.05, 4.69) is 28.6 Å². The zero-order valence-electron chi connectivity index (χ0n) is 13.5. The van der Waals surface area contributed by atoms with E-state index in [-0.39, 0.29) is 5.91 Å². The van der Waals surface area contributed by atoms with E-state index in [1.54, 1.807) is 25.2 Å². The first-order chi connectivity index (χ1) is 10.1. The van der Waals surface area contributed by atoms with Gasteiger partial charge < -0.3 is 9.80 Å². The van der Waals surface area contributed by atoms with Gasteiger partial charge in [-0.25, -0.2) is 0 Å². The standard InChI is InChI=1S/C16H26N4O/c1-5-19(6-2)14-8-10-20(12-14)13-7-9-17-15(11-13)16(21)18(3)4/h7,9,11,14H,5-6,8,10,12H2,1-4H3. The average molecular weight is 290 g/mol. The Hall–Kier alpha value is -1.62. The van der Waals surface area contributed by atoms with Crippen LogP contribution < -0.4 is 4.90 Å². The molecule has 2 heterocycles. The van der Waals surface area contributed by atoms with Crippen molar-refractivity contribution in [1.82, 2.24) is 14.8 Å². The molecule has 1 saturated heterocycles. The highest BCUT2D eigenvalue weighted by Gasteiger charge is 2.26. The molecule has 1 aromatic rings. The summed E-state index contributed by atoms with van der Waals surface area (Å²) in [6.07, 6.45) is 2.91. The van der Waals surface area contributed by atoms with Crippen LogP contribution in [0.25, 0.3) is 0 Å². The SMILES string of the molecule is CCN(CC)C1CCN(c2ccnc(C(=O)N(C)C)c2)C1. The number of amides is 1. The zero-order chi connectivity index (χ0) is 15.4. The van der Waals surface area contributed by atoms with Gasteiger partial charge in [0, 0.05) is 45.1 Å². The fraction of sp³-hybridized carbons (Fsp3) is 0.625. The molecule has 1 amide bonds. The summed E-state index contributed by atoms with van der Waals surface area (Å²) in [5.41, 5.74) is 1.62. The van der Waals surface area contributed by atoms with Gasteiger partial charge in [0.05, 0.1) is 0 Å². The van der Waals surface area contributed by atoms with Gasteiger partial charge in [0.25, 0.3) is 5.91 Å². The Kier molecular flexibility index (Phi) is 5.17. The largest absolute Gasteiger partial charge is 0.370 e. The maximum atomic E-state index is 12.0. The molecule has 21 heavy (non-hydrogen) atoms. The lowest BCUT2D eigenvalue weighted by Crippen LogP contribution is -2.37. The smallest absolute Gasteiger partial charge is 0.272 e. The van der Waals surface area contributed by atoms with E-state index in [4.69, 9.17) is 0 Å². The van der Waals surface area contributed by atoms with Crippen LogP contribution in [0.1, 0.15) is 30.8 Å². The molecule has 116 valence electrons. The van der Waals surface area contributed by atoms with Crippen molar-refractivity contribution >= 4 is 11.6 Å². The predicted molar refractivity (Wildman–Crippen MR) is 85.8 cm³/mol. The van der Waals surface area contributed by atoms with Gasteiger partial charge in [-0.15, -0.1) is 0 Å². The summed E-state index contributed by atoms with van der Waals surface area (Å²) in [5.74, 6) is -0.0451. The van der Waals surface area contributed by atoms with Gasteiger partial charge >= 0.3 is 0 Å². The van der Waals surface area contributed by atoms with Crippen molar-refractivity contribution in [3.8, 4) is 0 Å². The second-order valence-electron chi connectivity index (χ2n) is 5.71. The van der Waals surface area contributed by atoms with Gasteiger partial charge in [0.2, 0.25) is 0 Å². The molecular weight excluding hydrogens is 264 g/mol. The van der Waals surface area contributed by atoms with Crippen molar-refractivity contribution in [3.05, 3.63) is 24.0 Å². The van der Waals surface area contributed by atoms with Gasteiger partial charge in [-0.05, 0) is 31.6 Å². The molecule has 1 atom stereocenters. The third-order valence-corrected chi connectivity index (χ3v) is 4.23. The molecule has 1 fully saturated rings. The maximum Gasteiger partial charge on any atom is 0.272 e. The number of carbonyl (C=O) groups excluding carboxylic acids is 1. The Morgan fingerprint density at radius 2 is 2.10 bits per heavy atom. The Morgan fingerprint density at radius 1 is 1.38 bits per heavy atom. The molecule has 0 radical (unpaired) electrons. The van der Waals surface area contributed by atoms with Crippen molar-refractivity contribution in [1.29, 1.82) is 0 Å². The summed E-state index contributed by atoms with van der Waals surface area (Å²) < 4.78 is 0. The lowest BCUT2D eigenvalue weighted by Gasteiger charge is -2.26. The van der Waals surface area contributed by atoms with Crippen molar-refractivity contribution in [2.45, 2.75) is 26.3 Å². The number of anilines is 1. The molecule has 1 aliphatic heterocycles. The highest BCUT2D eigenvalue weighted by Crippen LogP contribution is 2.23. The summed E-state index contributed by atoms with van der Waals surface area (Å²) in [5, 5.41) is 0. The first kappa shape index (κ1) is 15.8. The maximum absolute atomic E-state index is 12.0. The Balaban J connectivity index is 2.10. The number of nitrogens with zero attached hydrogens (tertiary/aromatic N) is 4. The van der Waals surface area contributed by atoms with E-state index in [0.717, 1.165) is 31.9 Å². The minimum Gasteiger partial charge on any atom is -0.370 e. The molecule has 0 N–H and O–H groups in total. The van der Waals surface area contributed by atoms with E-state index in [1.807, 2.05) is 12.1 Å². The number of rotatable bonds is 5. The van der Waals surface area contributed by atoms with Gasteiger partial charge in [-0.1, -0.05) is 13.8 Å². The monoisotopic (exact) mass is 290 g/mol. The van der Waals surface area contributed by atoms with Crippen LogP contribution in [-0.2, 0) is 0 Å². The van der Waals surface area contributed by atoms with Crippen LogP contribution in [0, 0.1) is 0 Å². The van der Waals surface area contributed by atoms with Crippen LogP contribution in [0.2, 0.25) is 0 Å². The van der Waals surface area contributed by atoms with Crippen LogP contribution in [-0.4, -0.2) is 67.0 Å². The van der Waals surface area contributed by atoms with Crippen LogP contribution >= 0.6 is 0 Å². The van der Waals surface area contributed by atoms with E-state index in [9.17, 15) is 4.79 Å².